The first-order valence-electron chi connectivity index (χ1n) is 5.07. The molecule has 0 fully saturated rings. The van der Waals surface area contributed by atoms with Gasteiger partial charge in [-0.3, -0.25) is 4.79 Å². The van der Waals surface area contributed by atoms with E-state index in [1.165, 1.54) is 13.2 Å². The molecule has 19 heavy (non-hydrogen) atoms. The summed E-state index contributed by atoms with van der Waals surface area (Å²) in [5.41, 5.74) is -0.163. The second kappa shape index (κ2) is 6.20. The number of aromatic hydroxyl groups is 1. The van der Waals surface area contributed by atoms with Gasteiger partial charge in [-0.2, -0.15) is 0 Å². The fourth-order valence-corrected chi connectivity index (χ4v) is 1.18. The molecule has 7 heteroatoms. The molecule has 1 aromatic rings. The number of esters is 1. The van der Waals surface area contributed by atoms with Crippen molar-refractivity contribution < 1.29 is 29.3 Å². The van der Waals surface area contributed by atoms with Crippen LogP contribution in [0.3, 0.4) is 0 Å². The number of ether oxygens (including phenoxy) is 1. The molecular weight excluding hydrogens is 254 g/mol. The monoisotopic (exact) mass is 265 g/mol. The zero-order valence-electron chi connectivity index (χ0n) is 9.91. The van der Waals surface area contributed by atoms with Gasteiger partial charge in [-0.25, -0.2) is 9.59 Å². The maximum Gasteiger partial charge on any atom is 0.339 e. The van der Waals surface area contributed by atoms with Crippen molar-refractivity contribution in [3.05, 3.63) is 35.9 Å². The van der Waals surface area contributed by atoms with Crippen LogP contribution >= 0.6 is 0 Å². The van der Waals surface area contributed by atoms with E-state index in [4.69, 9.17) is 5.11 Å². The Balaban J connectivity index is 2.80. The van der Waals surface area contributed by atoms with Gasteiger partial charge in [-0.15, -0.1) is 0 Å². The number of phenols is 1. The molecule has 0 bridgehead atoms. The van der Waals surface area contributed by atoms with E-state index in [2.05, 4.69) is 10.1 Å². The highest BCUT2D eigenvalue weighted by Gasteiger charge is 2.10. The second-order valence-corrected chi connectivity index (χ2v) is 3.38. The molecule has 0 saturated heterocycles. The summed E-state index contributed by atoms with van der Waals surface area (Å²) in [5, 5.41) is 20.4. The van der Waals surface area contributed by atoms with Gasteiger partial charge in [0.2, 0.25) is 5.91 Å². The normalized spacial score (nSPS) is 10.2. The largest absolute Gasteiger partial charge is 0.507 e. The zero-order valence-corrected chi connectivity index (χ0v) is 9.91. The molecule has 1 amide bonds. The maximum atomic E-state index is 11.4. The molecule has 0 heterocycles. The van der Waals surface area contributed by atoms with E-state index >= 15 is 0 Å². The molecule has 1 rings (SSSR count). The number of methoxy groups -OCH3 is 1. The third kappa shape index (κ3) is 4.15. The van der Waals surface area contributed by atoms with Crippen molar-refractivity contribution in [3.8, 4) is 5.75 Å². The van der Waals surface area contributed by atoms with Gasteiger partial charge in [0.1, 0.15) is 11.3 Å². The Bertz CT molecular complexity index is 549. The molecule has 3 N–H and O–H groups in total. The third-order valence-corrected chi connectivity index (χ3v) is 2.07. The van der Waals surface area contributed by atoms with E-state index in [0.717, 1.165) is 24.3 Å². The van der Waals surface area contributed by atoms with Gasteiger partial charge in [0.15, 0.2) is 0 Å². The predicted octanol–water partition coefficient (Wildman–Crippen LogP) is 0.758. The van der Waals surface area contributed by atoms with Crippen molar-refractivity contribution in [2.24, 2.45) is 0 Å². The smallest absolute Gasteiger partial charge is 0.339 e. The molecule has 0 aliphatic rings. The van der Waals surface area contributed by atoms with Crippen molar-refractivity contribution in [1.29, 1.82) is 0 Å². The number of nitrogens with one attached hydrogen (secondary N) is 1. The minimum atomic E-state index is -1.32. The summed E-state index contributed by atoms with van der Waals surface area (Å²) in [5.74, 6) is -3.05. The molecule has 0 unspecified atom stereocenters. The van der Waals surface area contributed by atoms with Crippen molar-refractivity contribution in [2.45, 2.75) is 0 Å². The van der Waals surface area contributed by atoms with Crippen LogP contribution in [0.4, 0.5) is 5.69 Å². The number of aromatic carboxylic acids is 1. The van der Waals surface area contributed by atoms with Crippen molar-refractivity contribution in [2.75, 3.05) is 12.4 Å². The first-order valence-corrected chi connectivity index (χ1v) is 5.07. The number of carboxylic acid groups (broad SMARTS) is 1. The minimum absolute atomic E-state index is 0.176. The van der Waals surface area contributed by atoms with Crippen molar-refractivity contribution in [3.63, 3.8) is 0 Å². The molecule has 0 atom stereocenters. The van der Waals surface area contributed by atoms with Crippen molar-refractivity contribution >= 4 is 23.5 Å². The Hall–Kier alpha value is -2.83. The second-order valence-electron chi connectivity index (χ2n) is 3.38. The average Bonchev–Trinajstić information content (AvgIpc) is 2.37. The molecule has 7 nitrogen and oxygen atoms in total. The van der Waals surface area contributed by atoms with Gasteiger partial charge in [0, 0.05) is 17.8 Å². The van der Waals surface area contributed by atoms with Crippen LogP contribution in [-0.4, -0.2) is 35.2 Å². The number of benzene rings is 1. The van der Waals surface area contributed by atoms with E-state index in [1.807, 2.05) is 0 Å². The zero-order chi connectivity index (χ0) is 14.4. The van der Waals surface area contributed by atoms with E-state index in [0.29, 0.717) is 0 Å². The number of carboxylic acids is 1. The number of amides is 1. The topological polar surface area (TPSA) is 113 Å². The summed E-state index contributed by atoms with van der Waals surface area (Å²) < 4.78 is 4.30. The highest BCUT2D eigenvalue weighted by Crippen LogP contribution is 2.21. The SMILES string of the molecule is COC(=O)/C=C/C(=O)Nc1ccc(O)c(C(=O)O)c1. The highest BCUT2D eigenvalue weighted by molar-refractivity contribution is 6.03. The molecule has 0 aliphatic heterocycles. The molecule has 1 aromatic carbocycles. The lowest BCUT2D eigenvalue weighted by Crippen LogP contribution is -2.10. The van der Waals surface area contributed by atoms with E-state index in [1.54, 1.807) is 0 Å². The summed E-state index contributed by atoms with van der Waals surface area (Å²) in [7, 11) is 1.17. The van der Waals surface area contributed by atoms with Gasteiger partial charge < -0.3 is 20.3 Å². The van der Waals surface area contributed by atoms with Crippen LogP contribution in [0.5, 0.6) is 5.75 Å². The van der Waals surface area contributed by atoms with Gasteiger partial charge in [0.25, 0.3) is 0 Å². The Labute approximate surface area is 108 Å². The Morgan fingerprint density at radius 3 is 2.53 bits per heavy atom. The predicted molar refractivity (Wildman–Crippen MR) is 64.9 cm³/mol. The number of rotatable bonds is 4. The Kier molecular flexibility index (Phi) is 4.64. The standard InChI is InChI=1S/C12H11NO6/c1-19-11(16)5-4-10(15)13-7-2-3-9(14)8(6-7)12(17)18/h2-6,14H,1H3,(H,13,15)(H,17,18)/b5-4+. The summed E-state index contributed by atoms with van der Waals surface area (Å²) in [6, 6.07) is 3.57. The van der Waals surface area contributed by atoms with Crippen molar-refractivity contribution in [1.82, 2.24) is 0 Å². The lowest BCUT2D eigenvalue weighted by atomic mass is 10.2. The molecular formula is C12H11NO6. The number of carbonyl (C=O) groups is 3. The van der Waals surface area contributed by atoms with Crippen LogP contribution in [-0.2, 0) is 14.3 Å². The number of hydrogen-bond acceptors (Lipinski definition) is 5. The lowest BCUT2D eigenvalue weighted by molar-refractivity contribution is -0.135. The summed E-state index contributed by atoms with van der Waals surface area (Å²) in [4.78, 5) is 32.9. The third-order valence-electron chi connectivity index (χ3n) is 2.07. The van der Waals surface area contributed by atoms with Crippen LogP contribution < -0.4 is 5.32 Å². The van der Waals surface area contributed by atoms with E-state index < -0.39 is 23.6 Å². The molecule has 0 spiro atoms. The van der Waals surface area contributed by atoms with Crippen LogP contribution in [0.15, 0.2) is 30.4 Å². The molecule has 0 saturated carbocycles. The van der Waals surface area contributed by atoms with E-state index in [-0.39, 0.29) is 11.3 Å². The lowest BCUT2D eigenvalue weighted by Gasteiger charge is -2.05. The van der Waals surface area contributed by atoms with Crippen LogP contribution in [0, 0.1) is 0 Å². The average molecular weight is 265 g/mol. The van der Waals surface area contributed by atoms with Gasteiger partial charge in [0.05, 0.1) is 7.11 Å². The number of anilines is 1. The summed E-state index contributed by atoms with van der Waals surface area (Å²) in [6.07, 6.45) is 1.87. The number of hydrogen-bond donors (Lipinski definition) is 3. The fraction of sp³-hybridized carbons (Fsp3) is 0.0833. The van der Waals surface area contributed by atoms with Gasteiger partial charge >= 0.3 is 11.9 Å². The number of carbonyl (C=O) groups excluding carboxylic acids is 2. The fourth-order valence-electron chi connectivity index (χ4n) is 1.18. The van der Waals surface area contributed by atoms with Gasteiger partial charge in [-0.1, -0.05) is 0 Å². The minimum Gasteiger partial charge on any atom is -0.507 e. The molecule has 100 valence electrons. The quantitative estimate of drug-likeness (QED) is 0.421. The molecule has 0 radical (unpaired) electrons. The van der Waals surface area contributed by atoms with Crippen LogP contribution in [0.1, 0.15) is 10.4 Å². The van der Waals surface area contributed by atoms with Gasteiger partial charge in [-0.05, 0) is 18.2 Å². The first-order chi connectivity index (χ1) is 8.93. The summed E-state index contributed by atoms with van der Waals surface area (Å²) >= 11 is 0. The van der Waals surface area contributed by atoms with Crippen LogP contribution in [0.25, 0.3) is 0 Å². The summed E-state index contributed by atoms with van der Waals surface area (Å²) in [6.45, 7) is 0. The molecule has 0 aromatic heterocycles. The highest BCUT2D eigenvalue weighted by atomic mass is 16.5. The first kappa shape index (κ1) is 14.2. The Morgan fingerprint density at radius 2 is 1.95 bits per heavy atom. The Morgan fingerprint density at radius 1 is 1.26 bits per heavy atom. The molecule has 0 aliphatic carbocycles. The van der Waals surface area contributed by atoms with Crippen LogP contribution in [0.2, 0.25) is 0 Å². The maximum absolute atomic E-state index is 11.4. The van der Waals surface area contributed by atoms with E-state index in [9.17, 15) is 19.5 Å².